The molecule has 3 N–H and O–H groups in total. The van der Waals surface area contributed by atoms with E-state index in [0.717, 1.165) is 5.57 Å². The summed E-state index contributed by atoms with van der Waals surface area (Å²) in [7, 11) is 4.63. The lowest BCUT2D eigenvalue weighted by Crippen LogP contribution is -2.64. The first-order chi connectivity index (χ1) is 26.5. The molecule has 13 nitrogen and oxygen atoms in total. The van der Waals surface area contributed by atoms with Gasteiger partial charge in [0.05, 0.1) is 30.5 Å². The second kappa shape index (κ2) is 20.4. The first-order valence-electron chi connectivity index (χ1n) is 20.8. The van der Waals surface area contributed by atoms with E-state index in [4.69, 9.17) is 23.7 Å². The number of allylic oxidation sites excluding steroid dienone is 3. The Bertz CT molecular complexity index is 1430. The number of carbonyl (C=O) groups excluding carboxylic acids is 4. The fraction of sp³-hybridized carbons (Fsp3) is 0.814. The van der Waals surface area contributed by atoms with Crippen LogP contribution in [0.25, 0.3) is 0 Å². The minimum atomic E-state index is -2.50. The number of ketones is 2. The van der Waals surface area contributed by atoms with Crippen LogP contribution >= 0.6 is 0 Å². The third kappa shape index (κ3) is 10.7. The van der Waals surface area contributed by atoms with E-state index in [-0.39, 0.29) is 49.5 Å². The van der Waals surface area contributed by atoms with E-state index in [1.54, 1.807) is 21.0 Å². The molecule has 0 aromatic heterocycles. The minimum absolute atomic E-state index is 0.000914. The van der Waals surface area contributed by atoms with Crippen molar-refractivity contribution in [1.29, 1.82) is 0 Å². The van der Waals surface area contributed by atoms with Crippen molar-refractivity contribution in [2.75, 3.05) is 27.9 Å². The van der Waals surface area contributed by atoms with Crippen LogP contribution in [0.4, 0.5) is 0 Å². The molecule has 0 radical (unpaired) electrons. The number of esters is 1. The van der Waals surface area contributed by atoms with Crippen LogP contribution < -0.4 is 0 Å². The highest BCUT2D eigenvalue weighted by Gasteiger charge is 2.56. The van der Waals surface area contributed by atoms with Crippen LogP contribution in [-0.4, -0.2) is 126 Å². The van der Waals surface area contributed by atoms with Crippen molar-refractivity contribution in [3.63, 3.8) is 0 Å². The molecule has 3 fully saturated rings. The van der Waals surface area contributed by atoms with Crippen molar-refractivity contribution in [2.24, 2.45) is 29.6 Å². The van der Waals surface area contributed by atoms with E-state index in [0.29, 0.717) is 56.9 Å². The van der Waals surface area contributed by atoms with E-state index in [1.165, 1.54) is 19.1 Å². The molecule has 1 saturated carbocycles. The molecule has 318 valence electrons. The zero-order chi connectivity index (χ0) is 41.5. The van der Waals surface area contributed by atoms with Gasteiger partial charge in [-0.05, 0) is 95.5 Å². The summed E-state index contributed by atoms with van der Waals surface area (Å²) in [4.78, 5) is 57.6. The van der Waals surface area contributed by atoms with Gasteiger partial charge in [-0.25, -0.2) is 4.79 Å². The third-order valence-electron chi connectivity index (χ3n) is 12.9. The number of carbonyl (C=O) groups is 4. The van der Waals surface area contributed by atoms with Gasteiger partial charge in [0.1, 0.15) is 24.0 Å². The van der Waals surface area contributed by atoms with Crippen LogP contribution in [-0.2, 0) is 42.9 Å². The summed E-state index contributed by atoms with van der Waals surface area (Å²) in [6, 6.07) is -1.13. The van der Waals surface area contributed by atoms with Crippen LogP contribution in [0.3, 0.4) is 0 Å². The van der Waals surface area contributed by atoms with Gasteiger partial charge in [0.25, 0.3) is 11.7 Å². The first kappa shape index (κ1) is 46.2. The predicted molar refractivity (Wildman–Crippen MR) is 208 cm³/mol. The summed E-state index contributed by atoms with van der Waals surface area (Å²) in [6.07, 6.45) is 3.72. The van der Waals surface area contributed by atoms with Crippen molar-refractivity contribution in [1.82, 2.24) is 4.90 Å². The van der Waals surface area contributed by atoms with E-state index in [2.05, 4.69) is 6.92 Å². The maximum Gasteiger partial charge on any atom is 0.329 e. The number of cyclic esters (lactones) is 1. The molecule has 4 aliphatic rings. The van der Waals surface area contributed by atoms with Gasteiger partial charge >= 0.3 is 5.97 Å². The lowest BCUT2D eigenvalue weighted by atomic mass is 9.81. The molecule has 3 aliphatic heterocycles. The standard InChI is InChI=1S/C43H69NO12/c1-10-30-18-24(2)17-25(3)19-36(53-8)39-37(54-9)21-27(5)43(51,56-39)40(48)41(49)44-16-12-11-13-31(44)42(50)55-38(28(6)33(46)23-34(30)47)26(4)20-29-14-15-32(45)35(22-29)52-7/h18,20,25,27-33,35-39,45-46,51H,10-17,19,21-23H2,1-9H3/b24-18-,26-20-/t25-,27-,28+,29-,30+,31?,32-,33+,35-,36-,37+,38+,39+,43-/m0/s1. The molecule has 2 bridgehead atoms. The molecule has 14 atom stereocenters. The third-order valence-corrected chi connectivity index (χ3v) is 12.9. The predicted octanol–water partition coefficient (Wildman–Crippen LogP) is 4.47. The molecular weight excluding hydrogens is 722 g/mol. The van der Waals surface area contributed by atoms with Crippen LogP contribution in [0, 0.1) is 29.6 Å². The second-order valence-electron chi connectivity index (χ2n) is 17.2. The van der Waals surface area contributed by atoms with Crippen LogP contribution in [0.2, 0.25) is 0 Å². The monoisotopic (exact) mass is 791 g/mol. The summed E-state index contributed by atoms with van der Waals surface area (Å²) < 4.78 is 29.7. The minimum Gasteiger partial charge on any atom is -0.456 e. The van der Waals surface area contributed by atoms with Gasteiger partial charge in [0, 0.05) is 52.0 Å². The molecule has 3 heterocycles. The Morgan fingerprint density at radius 2 is 1.57 bits per heavy atom. The maximum atomic E-state index is 14.3. The van der Waals surface area contributed by atoms with Gasteiger partial charge in [-0.2, -0.15) is 0 Å². The Morgan fingerprint density at radius 1 is 0.911 bits per heavy atom. The topological polar surface area (TPSA) is 178 Å². The van der Waals surface area contributed by atoms with E-state index < -0.39 is 83.9 Å². The van der Waals surface area contributed by atoms with E-state index in [1.807, 2.05) is 32.9 Å². The normalized spacial score (nSPS) is 41.6. The van der Waals surface area contributed by atoms with Gasteiger partial charge in [-0.1, -0.05) is 45.4 Å². The molecule has 13 heteroatoms. The Balaban J connectivity index is 1.76. The molecule has 0 spiro atoms. The average Bonchev–Trinajstić information content (AvgIpc) is 3.18. The van der Waals surface area contributed by atoms with Crippen molar-refractivity contribution in [3.05, 3.63) is 23.3 Å². The summed E-state index contributed by atoms with van der Waals surface area (Å²) in [6.45, 7) is 11.3. The summed E-state index contributed by atoms with van der Waals surface area (Å²) in [5.74, 6) is -7.50. The van der Waals surface area contributed by atoms with Crippen LogP contribution in [0.5, 0.6) is 0 Å². The molecular formula is C43H69NO12. The van der Waals surface area contributed by atoms with Gasteiger partial charge in [-0.3, -0.25) is 14.4 Å². The van der Waals surface area contributed by atoms with Gasteiger partial charge in [-0.15, -0.1) is 0 Å². The fourth-order valence-electron chi connectivity index (χ4n) is 9.39. The summed E-state index contributed by atoms with van der Waals surface area (Å²) in [5, 5.41) is 34.1. The Kier molecular flexibility index (Phi) is 16.9. The smallest absolute Gasteiger partial charge is 0.329 e. The Morgan fingerprint density at radius 3 is 2.21 bits per heavy atom. The zero-order valence-electron chi connectivity index (χ0n) is 35.1. The zero-order valence-corrected chi connectivity index (χ0v) is 35.1. The number of amides is 1. The van der Waals surface area contributed by atoms with E-state index in [9.17, 15) is 34.5 Å². The number of aliphatic hydroxyl groups excluding tert-OH is 2. The highest BCUT2D eigenvalue weighted by atomic mass is 16.7. The van der Waals surface area contributed by atoms with Crippen LogP contribution in [0.15, 0.2) is 23.3 Å². The van der Waals surface area contributed by atoms with Gasteiger partial charge in [0.2, 0.25) is 5.79 Å². The number of piperidine rings is 1. The Labute approximate surface area is 333 Å². The molecule has 1 aliphatic carbocycles. The second-order valence-corrected chi connectivity index (χ2v) is 17.2. The highest BCUT2D eigenvalue weighted by molar-refractivity contribution is 6.39. The lowest BCUT2D eigenvalue weighted by Gasteiger charge is -2.47. The van der Waals surface area contributed by atoms with Gasteiger partial charge < -0.3 is 43.9 Å². The highest BCUT2D eigenvalue weighted by Crippen LogP contribution is 2.39. The molecule has 4 rings (SSSR count). The number of nitrogens with zero attached hydrogens (tertiary/aromatic N) is 1. The first-order valence-corrected chi connectivity index (χ1v) is 20.8. The van der Waals surface area contributed by atoms with Crippen molar-refractivity contribution in [2.45, 2.75) is 167 Å². The van der Waals surface area contributed by atoms with E-state index >= 15 is 0 Å². The number of rotatable bonds is 6. The number of aliphatic hydroxyl groups is 3. The number of Topliss-reactive ketones (excluding diaryl/α,β-unsaturated/α-hetero) is 2. The molecule has 1 amide bonds. The number of hydrogen-bond acceptors (Lipinski definition) is 12. The maximum absolute atomic E-state index is 14.3. The fourth-order valence-corrected chi connectivity index (χ4v) is 9.39. The summed E-state index contributed by atoms with van der Waals surface area (Å²) in [5.41, 5.74) is 1.66. The van der Waals surface area contributed by atoms with Crippen molar-refractivity contribution >= 4 is 23.4 Å². The molecule has 2 saturated heterocycles. The molecule has 56 heavy (non-hydrogen) atoms. The quantitative estimate of drug-likeness (QED) is 0.196. The van der Waals surface area contributed by atoms with Crippen molar-refractivity contribution in [3.8, 4) is 0 Å². The number of methoxy groups -OCH3 is 3. The Hall–Kier alpha value is -2.52. The molecule has 1 unspecified atom stereocenters. The largest absolute Gasteiger partial charge is 0.456 e. The summed E-state index contributed by atoms with van der Waals surface area (Å²) >= 11 is 0. The number of fused-ring (bicyclic) bond motifs is 3. The average molecular weight is 792 g/mol. The molecule has 0 aromatic carbocycles. The van der Waals surface area contributed by atoms with Gasteiger partial charge in [0.15, 0.2) is 0 Å². The SMILES string of the molecule is CC[C@@H]1/C=C(/C)C[C@H](C)C[C@H](OC)[C@H]2O[C@](O)(C(=O)C(=O)N3CCCCC3C(=O)O[C@H](/C(C)=C\[C@@H]3CC[C@H](O)[C@@H](OC)C3)[C@H](C)[C@H](O)CC1=O)[C@@H](C)C[C@H]2OC. The van der Waals surface area contributed by atoms with Crippen molar-refractivity contribution < 1.29 is 58.2 Å². The molecule has 0 aromatic rings. The van der Waals surface area contributed by atoms with Crippen LogP contribution in [0.1, 0.15) is 112 Å². The number of hydrogen-bond donors (Lipinski definition) is 3. The number of ether oxygens (including phenoxy) is 5. The lowest BCUT2D eigenvalue weighted by molar-refractivity contribution is -0.302.